The maximum absolute atomic E-state index is 15.0. The van der Waals surface area contributed by atoms with Crippen molar-refractivity contribution >= 4 is 11.8 Å². The topological polar surface area (TPSA) is 132 Å². The van der Waals surface area contributed by atoms with E-state index in [1.165, 1.54) is 57.1 Å². The fraction of sp³-hybridized carbons (Fsp3) is 0.603. The van der Waals surface area contributed by atoms with Crippen LogP contribution in [0, 0.1) is 30.5 Å². The normalized spacial score (nSPS) is 22.1. The van der Waals surface area contributed by atoms with Gasteiger partial charge in [-0.1, -0.05) is 113 Å². The summed E-state index contributed by atoms with van der Waals surface area (Å²) in [5.74, 6) is -1.26. The Balaban J connectivity index is 1.46. The van der Waals surface area contributed by atoms with Crippen LogP contribution in [0.4, 0.5) is 9.18 Å². The fourth-order valence-electron chi connectivity index (χ4n) is 10.7. The first-order chi connectivity index (χ1) is 33.9. The second kappa shape index (κ2) is 27.2. The lowest BCUT2D eigenvalue weighted by Crippen LogP contribution is -2.70. The van der Waals surface area contributed by atoms with E-state index in [9.17, 15) is 14.6 Å². The van der Waals surface area contributed by atoms with Gasteiger partial charge in [-0.05, 0) is 125 Å². The molecule has 2 aromatic carbocycles. The zero-order valence-corrected chi connectivity index (χ0v) is 42.8. The number of aliphatic hydroxyl groups is 2. The first-order valence-corrected chi connectivity index (χ1v) is 26.4. The fourth-order valence-corrected chi connectivity index (χ4v) is 10.7. The Morgan fingerprint density at radius 1 is 0.929 bits per heavy atom. The number of fused-ring (bicyclic) bond motifs is 2. The SMILES string of the molecule is C=CCO[C@@]12Oc3ccc(OCc4cccc(C)n4)cc3[C@H]3[C@H](CCCCO)[C@@H](CCCCO)C=C(C(=NOC(C)(C)C)C[C@@H]1N(Cc1ccc(F)cc1)C(=O)OCCCCCCCCCCCC)[C@H]32. The van der Waals surface area contributed by atoms with E-state index in [-0.39, 0.29) is 69.6 Å². The van der Waals surface area contributed by atoms with Crippen LogP contribution < -0.4 is 9.47 Å². The Kier molecular flexibility index (Phi) is 21.2. The van der Waals surface area contributed by atoms with Crippen molar-refractivity contribution in [2.45, 2.75) is 180 Å². The molecular weight excluding hydrogens is 886 g/mol. The van der Waals surface area contributed by atoms with Gasteiger partial charge in [0, 0.05) is 43.4 Å². The van der Waals surface area contributed by atoms with Crippen LogP contribution in [0.3, 0.4) is 0 Å². The van der Waals surface area contributed by atoms with Crippen LogP contribution in [-0.2, 0) is 27.5 Å². The number of nitrogens with zero attached hydrogens (tertiary/aromatic N) is 3. The van der Waals surface area contributed by atoms with Crippen molar-refractivity contribution < 1.29 is 43.2 Å². The van der Waals surface area contributed by atoms with Crippen LogP contribution in [0.2, 0.25) is 0 Å². The molecule has 0 unspecified atom stereocenters. The first kappa shape index (κ1) is 54.6. The van der Waals surface area contributed by atoms with Gasteiger partial charge in [-0.15, -0.1) is 6.58 Å². The lowest BCUT2D eigenvalue weighted by atomic mass is 9.55. The lowest BCUT2D eigenvalue weighted by Gasteiger charge is -2.60. The second-order valence-electron chi connectivity index (χ2n) is 20.6. The van der Waals surface area contributed by atoms with E-state index in [1.807, 2.05) is 58.0 Å². The quantitative estimate of drug-likeness (QED) is 0.0396. The molecule has 2 N–H and O–H groups in total. The summed E-state index contributed by atoms with van der Waals surface area (Å²) in [6, 6.07) is 17.2. The summed E-state index contributed by atoms with van der Waals surface area (Å²) in [6.07, 6.45) is 19.8. The molecule has 0 radical (unpaired) electrons. The largest absolute Gasteiger partial charge is 0.487 e. The van der Waals surface area contributed by atoms with Gasteiger partial charge in [0.05, 0.1) is 30.5 Å². The summed E-state index contributed by atoms with van der Waals surface area (Å²) in [4.78, 5) is 27.7. The van der Waals surface area contributed by atoms with Crippen LogP contribution in [0.25, 0.3) is 0 Å². The van der Waals surface area contributed by atoms with Crippen molar-refractivity contribution in [2.75, 3.05) is 26.4 Å². The second-order valence-corrected chi connectivity index (χ2v) is 20.6. The number of carbonyl (C=O) groups excluding carboxylic acids is 1. The van der Waals surface area contributed by atoms with Gasteiger partial charge in [-0.3, -0.25) is 9.88 Å². The predicted molar refractivity (Wildman–Crippen MR) is 274 cm³/mol. The molecule has 6 atom stereocenters. The molecule has 6 rings (SSSR count). The summed E-state index contributed by atoms with van der Waals surface area (Å²) in [7, 11) is 0. The molecular formula is C58H82FN3O8. The molecule has 1 amide bonds. The maximum Gasteiger partial charge on any atom is 0.410 e. The minimum atomic E-state index is -1.49. The number of amides is 1. The number of carbonyl (C=O) groups is 1. The van der Waals surface area contributed by atoms with E-state index in [0.717, 1.165) is 67.5 Å². The van der Waals surface area contributed by atoms with Gasteiger partial charge in [0.25, 0.3) is 0 Å². The van der Waals surface area contributed by atoms with Crippen molar-refractivity contribution in [3.63, 3.8) is 0 Å². The third-order valence-electron chi connectivity index (χ3n) is 14.0. The number of hydrogen-bond donors (Lipinski definition) is 2. The Morgan fingerprint density at radius 3 is 2.30 bits per heavy atom. The van der Waals surface area contributed by atoms with E-state index < -0.39 is 29.4 Å². The van der Waals surface area contributed by atoms with E-state index >= 15 is 4.79 Å². The molecule has 11 nitrogen and oxygen atoms in total. The highest BCUT2D eigenvalue weighted by molar-refractivity contribution is 6.03. The molecule has 1 fully saturated rings. The average molecular weight is 968 g/mol. The number of halogens is 1. The smallest absolute Gasteiger partial charge is 0.410 e. The minimum absolute atomic E-state index is 0.0272. The molecule has 384 valence electrons. The number of rotatable bonds is 29. The highest BCUT2D eigenvalue weighted by atomic mass is 19.1. The van der Waals surface area contributed by atoms with Crippen molar-refractivity contribution in [3.8, 4) is 11.5 Å². The number of allylic oxidation sites excluding steroid dienone is 1. The van der Waals surface area contributed by atoms with E-state index in [2.05, 4.69) is 30.6 Å². The predicted octanol–water partition coefficient (Wildman–Crippen LogP) is 13.1. The summed E-state index contributed by atoms with van der Waals surface area (Å²) in [5, 5.41) is 25.0. The molecule has 1 aliphatic heterocycles. The summed E-state index contributed by atoms with van der Waals surface area (Å²) in [6.45, 7) is 15.1. The Bertz CT molecular complexity index is 2160. The van der Waals surface area contributed by atoms with Crippen molar-refractivity contribution in [1.29, 1.82) is 0 Å². The molecule has 0 saturated heterocycles. The van der Waals surface area contributed by atoms with Gasteiger partial charge in [-0.25, -0.2) is 9.18 Å². The van der Waals surface area contributed by atoms with Crippen LogP contribution in [-0.4, -0.2) is 75.8 Å². The van der Waals surface area contributed by atoms with Crippen LogP contribution in [0.15, 0.2) is 90.1 Å². The summed E-state index contributed by atoms with van der Waals surface area (Å²) < 4.78 is 41.8. The zero-order chi connectivity index (χ0) is 49.9. The number of pyridine rings is 1. The van der Waals surface area contributed by atoms with Gasteiger partial charge in [0.2, 0.25) is 5.79 Å². The van der Waals surface area contributed by atoms with Gasteiger partial charge < -0.3 is 34.0 Å². The highest BCUT2D eigenvalue weighted by Crippen LogP contribution is 2.62. The lowest BCUT2D eigenvalue weighted by molar-refractivity contribution is -0.256. The van der Waals surface area contributed by atoms with E-state index in [4.69, 9.17) is 28.9 Å². The molecule has 0 bridgehead atoms. The van der Waals surface area contributed by atoms with Crippen molar-refractivity contribution in [3.05, 3.63) is 113 Å². The number of aliphatic hydroxyl groups excluding tert-OH is 2. The van der Waals surface area contributed by atoms with E-state index in [0.29, 0.717) is 35.6 Å². The van der Waals surface area contributed by atoms with Gasteiger partial charge in [0.15, 0.2) is 0 Å². The molecule has 0 spiro atoms. The average Bonchev–Trinajstić information content (AvgIpc) is 3.34. The molecule has 3 aliphatic rings. The van der Waals surface area contributed by atoms with Crippen LogP contribution in [0.1, 0.15) is 165 Å². The Morgan fingerprint density at radius 2 is 1.63 bits per heavy atom. The van der Waals surface area contributed by atoms with Crippen LogP contribution in [0.5, 0.6) is 11.5 Å². The zero-order valence-electron chi connectivity index (χ0n) is 42.8. The number of ether oxygens (including phenoxy) is 4. The maximum atomic E-state index is 15.0. The molecule has 1 aromatic heterocycles. The number of unbranched alkanes of at least 4 members (excludes halogenated alkanes) is 11. The molecule has 70 heavy (non-hydrogen) atoms. The number of hydrogen-bond acceptors (Lipinski definition) is 10. The number of aryl methyl sites for hydroxylation is 1. The molecule has 2 aliphatic carbocycles. The monoisotopic (exact) mass is 968 g/mol. The van der Waals surface area contributed by atoms with Gasteiger partial charge >= 0.3 is 6.09 Å². The van der Waals surface area contributed by atoms with E-state index in [1.54, 1.807) is 23.1 Å². The summed E-state index contributed by atoms with van der Waals surface area (Å²) >= 11 is 0. The standard InChI is InChI=1S/C58H82FN3O8/c1-7-9-10-11-12-13-14-15-16-21-36-66-56(65)62(40-43-27-29-45(59)30-28-43)53-39-51(61-70-57(4,5)6)49-37-44(24-17-19-33-63)48(26-18-20-34-64)54-50-38-47(67-41-46-25-22-23-42(3)60-46)31-32-52(50)69-58(53,55(49)54)68-35-8-2/h8,22-23,25,27-32,37-38,44,48,53-55,63-64H,2,7,9-21,24,26,33-36,39-41H2,1,3-6H3/t44-,48+,53-,54+,55+,58+/m0/s1. The molecule has 12 heteroatoms. The number of oxime groups is 1. The van der Waals surface area contributed by atoms with Crippen LogP contribution >= 0.6 is 0 Å². The summed E-state index contributed by atoms with van der Waals surface area (Å²) in [5.41, 5.74) is 4.38. The van der Waals surface area contributed by atoms with Gasteiger partial charge in [-0.2, -0.15) is 0 Å². The molecule has 1 saturated carbocycles. The van der Waals surface area contributed by atoms with Crippen molar-refractivity contribution in [2.24, 2.45) is 22.9 Å². The molecule has 2 heterocycles. The van der Waals surface area contributed by atoms with Gasteiger partial charge in [0.1, 0.15) is 35.6 Å². The number of benzene rings is 2. The third-order valence-corrected chi connectivity index (χ3v) is 14.0. The number of aromatic nitrogens is 1. The Hall–Kier alpha value is -4.78. The van der Waals surface area contributed by atoms with Crippen molar-refractivity contribution in [1.82, 2.24) is 9.88 Å². The third kappa shape index (κ3) is 14.9. The first-order valence-electron chi connectivity index (χ1n) is 26.4. The molecule has 3 aromatic rings. The highest BCUT2D eigenvalue weighted by Gasteiger charge is 2.65. The Labute approximate surface area is 417 Å². The minimum Gasteiger partial charge on any atom is -0.487 e.